The van der Waals surface area contributed by atoms with Gasteiger partial charge in [0.15, 0.2) is 0 Å². The normalized spacial score (nSPS) is 12.2. The minimum Gasteiger partial charge on any atom is -0.461 e. The highest BCUT2D eigenvalue weighted by atomic mass is 35.5. The summed E-state index contributed by atoms with van der Waals surface area (Å²) in [4.78, 5) is 11.6. The highest BCUT2D eigenvalue weighted by Gasteiger charge is 2.13. The molecule has 0 aliphatic rings. The maximum absolute atomic E-state index is 11.6. The number of halogens is 2. The Hall–Kier alpha value is -0.0300. The molecule has 0 fully saturated rings. The van der Waals surface area contributed by atoms with Crippen LogP contribution in [0.2, 0.25) is 10.0 Å². The maximum atomic E-state index is 11.6. The Morgan fingerprint density at radius 3 is 2.69 bits per heavy atom. The summed E-state index contributed by atoms with van der Waals surface area (Å²) >= 11 is 19.7. The highest BCUT2D eigenvalue weighted by Crippen LogP contribution is 2.21. The standard InChI is InChI=1S/C10H10Cl2O2S2/c11-6-1-2-8(9(12)3-6)10(13)14-4-7(16)5-15/h1-3,7,15-16H,4-5H2. The van der Waals surface area contributed by atoms with Gasteiger partial charge in [0.1, 0.15) is 6.61 Å². The van der Waals surface area contributed by atoms with Crippen LogP contribution in [0, 0.1) is 0 Å². The van der Waals surface area contributed by atoms with E-state index < -0.39 is 5.97 Å². The molecule has 0 N–H and O–H groups in total. The second-order valence-electron chi connectivity index (χ2n) is 3.06. The van der Waals surface area contributed by atoms with E-state index in [0.717, 1.165) is 0 Å². The minimum atomic E-state index is -0.484. The molecule has 1 atom stereocenters. The number of carbonyl (C=O) groups is 1. The third-order valence-electron chi connectivity index (χ3n) is 1.77. The van der Waals surface area contributed by atoms with Crippen molar-refractivity contribution in [1.29, 1.82) is 0 Å². The quantitative estimate of drug-likeness (QED) is 0.658. The molecule has 1 rings (SSSR count). The number of rotatable bonds is 4. The average Bonchev–Trinajstić information content (AvgIpc) is 2.25. The van der Waals surface area contributed by atoms with Crippen molar-refractivity contribution in [3.63, 3.8) is 0 Å². The van der Waals surface area contributed by atoms with Gasteiger partial charge in [-0.15, -0.1) is 0 Å². The first-order valence-electron chi connectivity index (χ1n) is 4.45. The molecule has 0 aliphatic heterocycles. The molecule has 16 heavy (non-hydrogen) atoms. The minimum absolute atomic E-state index is 0.0849. The molecule has 0 bridgehead atoms. The third-order valence-corrected chi connectivity index (χ3v) is 3.38. The van der Waals surface area contributed by atoms with Crippen molar-refractivity contribution in [3.8, 4) is 0 Å². The van der Waals surface area contributed by atoms with E-state index in [1.807, 2.05) is 0 Å². The molecule has 1 aromatic rings. The number of carbonyl (C=O) groups excluding carboxylic acids is 1. The fourth-order valence-corrected chi connectivity index (χ4v) is 1.62. The van der Waals surface area contributed by atoms with Gasteiger partial charge in [-0.1, -0.05) is 23.2 Å². The molecular formula is C10H10Cl2O2S2. The Labute approximate surface area is 115 Å². The van der Waals surface area contributed by atoms with Gasteiger partial charge < -0.3 is 4.74 Å². The van der Waals surface area contributed by atoms with Crippen LogP contribution in [0.4, 0.5) is 0 Å². The summed E-state index contributed by atoms with van der Waals surface area (Å²) in [6, 6.07) is 4.61. The second kappa shape index (κ2) is 6.64. The Bertz CT molecular complexity index is 385. The number of hydrogen-bond acceptors (Lipinski definition) is 4. The van der Waals surface area contributed by atoms with E-state index in [0.29, 0.717) is 16.3 Å². The summed E-state index contributed by atoms with van der Waals surface area (Å²) in [6.45, 7) is 0.199. The topological polar surface area (TPSA) is 26.3 Å². The summed E-state index contributed by atoms with van der Waals surface area (Å²) in [5.74, 6) is 0.0487. The molecule has 0 aromatic heterocycles. The number of benzene rings is 1. The van der Waals surface area contributed by atoms with E-state index in [1.165, 1.54) is 12.1 Å². The number of hydrogen-bond donors (Lipinski definition) is 2. The molecule has 88 valence electrons. The highest BCUT2D eigenvalue weighted by molar-refractivity contribution is 7.84. The Kier molecular flexibility index (Phi) is 5.83. The SMILES string of the molecule is O=C(OCC(S)CS)c1ccc(Cl)cc1Cl. The van der Waals surface area contributed by atoms with Gasteiger partial charge in [0, 0.05) is 16.0 Å². The molecule has 0 heterocycles. The molecular weight excluding hydrogens is 287 g/mol. The van der Waals surface area contributed by atoms with Gasteiger partial charge in [0.2, 0.25) is 0 Å². The van der Waals surface area contributed by atoms with E-state index >= 15 is 0 Å². The summed E-state index contributed by atoms with van der Waals surface area (Å²) < 4.78 is 5.01. The molecule has 6 heteroatoms. The van der Waals surface area contributed by atoms with Crippen LogP contribution in [-0.4, -0.2) is 23.6 Å². The molecule has 0 aliphatic carbocycles. The lowest BCUT2D eigenvalue weighted by atomic mass is 10.2. The van der Waals surface area contributed by atoms with Crippen molar-refractivity contribution in [2.75, 3.05) is 12.4 Å². The van der Waals surface area contributed by atoms with E-state index in [4.69, 9.17) is 27.9 Å². The van der Waals surface area contributed by atoms with Crippen LogP contribution in [-0.2, 0) is 4.74 Å². The lowest BCUT2D eigenvalue weighted by molar-refractivity contribution is 0.0512. The first-order chi connectivity index (χ1) is 7.54. The number of thiol groups is 2. The summed E-state index contributed by atoms with van der Waals surface area (Å²) in [6.07, 6.45) is 0. The van der Waals surface area contributed by atoms with Crippen molar-refractivity contribution < 1.29 is 9.53 Å². The largest absolute Gasteiger partial charge is 0.461 e. The first kappa shape index (κ1) is 14.0. The Balaban J connectivity index is 2.66. The van der Waals surface area contributed by atoms with Crippen molar-refractivity contribution in [1.82, 2.24) is 0 Å². The zero-order valence-corrected chi connectivity index (χ0v) is 11.5. The maximum Gasteiger partial charge on any atom is 0.339 e. The molecule has 0 saturated heterocycles. The molecule has 1 aromatic carbocycles. The zero-order valence-electron chi connectivity index (χ0n) is 8.19. The number of ether oxygens (including phenoxy) is 1. The molecule has 0 radical (unpaired) electrons. The van der Waals surface area contributed by atoms with Crippen LogP contribution in [0.3, 0.4) is 0 Å². The van der Waals surface area contributed by atoms with Crippen LogP contribution in [0.25, 0.3) is 0 Å². The Morgan fingerprint density at radius 2 is 2.12 bits per heavy atom. The molecule has 0 amide bonds. The molecule has 0 spiro atoms. The summed E-state index contributed by atoms with van der Waals surface area (Å²) in [5.41, 5.74) is 0.297. The second-order valence-corrected chi connectivity index (χ2v) is 5.00. The summed E-state index contributed by atoms with van der Waals surface area (Å²) in [5, 5.41) is 0.668. The third kappa shape index (κ3) is 4.09. The first-order valence-corrected chi connectivity index (χ1v) is 6.36. The van der Waals surface area contributed by atoms with E-state index in [-0.39, 0.29) is 16.9 Å². The lowest BCUT2D eigenvalue weighted by Gasteiger charge is -2.09. The van der Waals surface area contributed by atoms with Gasteiger partial charge >= 0.3 is 5.97 Å². The van der Waals surface area contributed by atoms with Gasteiger partial charge in [-0.3, -0.25) is 0 Å². The van der Waals surface area contributed by atoms with Crippen molar-refractivity contribution in [2.45, 2.75) is 5.25 Å². The van der Waals surface area contributed by atoms with Gasteiger partial charge in [-0.05, 0) is 18.2 Å². The zero-order chi connectivity index (χ0) is 12.1. The monoisotopic (exact) mass is 296 g/mol. The van der Waals surface area contributed by atoms with E-state index in [1.54, 1.807) is 6.07 Å². The fourth-order valence-electron chi connectivity index (χ4n) is 0.957. The van der Waals surface area contributed by atoms with Gasteiger partial charge in [0.05, 0.1) is 10.6 Å². The van der Waals surface area contributed by atoms with Crippen LogP contribution in [0.15, 0.2) is 18.2 Å². The fraction of sp³-hybridized carbons (Fsp3) is 0.300. The van der Waals surface area contributed by atoms with E-state index in [2.05, 4.69) is 25.3 Å². The molecule has 0 saturated carbocycles. The van der Waals surface area contributed by atoms with Gasteiger partial charge in [-0.25, -0.2) is 4.79 Å². The van der Waals surface area contributed by atoms with E-state index in [9.17, 15) is 4.79 Å². The predicted octanol–water partition coefficient (Wildman–Crippen LogP) is 3.38. The van der Waals surface area contributed by atoms with Gasteiger partial charge in [-0.2, -0.15) is 25.3 Å². The van der Waals surface area contributed by atoms with Crippen LogP contribution in [0.1, 0.15) is 10.4 Å². The molecule has 1 unspecified atom stereocenters. The van der Waals surface area contributed by atoms with Crippen molar-refractivity contribution in [2.24, 2.45) is 0 Å². The lowest BCUT2D eigenvalue weighted by Crippen LogP contribution is -2.15. The molecule has 2 nitrogen and oxygen atoms in total. The predicted molar refractivity (Wildman–Crippen MR) is 73.4 cm³/mol. The van der Waals surface area contributed by atoms with Gasteiger partial charge in [0.25, 0.3) is 0 Å². The van der Waals surface area contributed by atoms with Crippen LogP contribution in [0.5, 0.6) is 0 Å². The average molecular weight is 297 g/mol. The van der Waals surface area contributed by atoms with Crippen molar-refractivity contribution in [3.05, 3.63) is 33.8 Å². The smallest absolute Gasteiger partial charge is 0.339 e. The summed E-state index contributed by atoms with van der Waals surface area (Å²) in [7, 11) is 0. The Morgan fingerprint density at radius 1 is 1.44 bits per heavy atom. The van der Waals surface area contributed by atoms with Crippen LogP contribution >= 0.6 is 48.5 Å². The van der Waals surface area contributed by atoms with Crippen molar-refractivity contribution >= 4 is 54.4 Å². The number of esters is 1. The van der Waals surface area contributed by atoms with Crippen LogP contribution < -0.4 is 0 Å².